The molecule has 2 rings (SSSR count). The summed E-state index contributed by atoms with van der Waals surface area (Å²) in [6, 6.07) is 3.97. The van der Waals surface area contributed by atoms with Gasteiger partial charge in [-0.15, -0.1) is 0 Å². The molecule has 0 fully saturated rings. The van der Waals surface area contributed by atoms with E-state index in [0.29, 0.717) is 18.7 Å². The van der Waals surface area contributed by atoms with Crippen molar-refractivity contribution in [3.8, 4) is 11.3 Å². The molecule has 25 heavy (non-hydrogen) atoms. The average molecular weight is 365 g/mol. The summed E-state index contributed by atoms with van der Waals surface area (Å²) in [5, 5.41) is 13.2. The highest BCUT2D eigenvalue weighted by Gasteiger charge is 2.18. The van der Waals surface area contributed by atoms with Crippen molar-refractivity contribution >= 4 is 14.0 Å². The lowest BCUT2D eigenvalue weighted by atomic mass is 10.1. The molecular formula is C17H24FN3O3Si. The van der Waals surface area contributed by atoms with Crippen LogP contribution in [0, 0.1) is 5.82 Å². The minimum atomic E-state index is -1.22. The normalized spacial score (nSPS) is 11.7. The molecular weight excluding hydrogens is 341 g/mol. The largest absolute Gasteiger partial charge is 0.476 e. The zero-order chi connectivity index (χ0) is 18.6. The topological polar surface area (TPSA) is 77.2 Å². The van der Waals surface area contributed by atoms with Crippen molar-refractivity contribution in [2.45, 2.75) is 45.8 Å². The van der Waals surface area contributed by atoms with Gasteiger partial charge in [-0.2, -0.15) is 5.10 Å². The molecule has 0 spiro atoms. The van der Waals surface area contributed by atoms with Gasteiger partial charge in [-0.1, -0.05) is 26.6 Å². The SMILES string of the molecule is CCc1cc(-c2cc(C(=O)O)nn2COCC[Si](C)(C)C)c(F)cn1. The maximum atomic E-state index is 14.2. The van der Waals surface area contributed by atoms with Crippen LogP contribution < -0.4 is 0 Å². The van der Waals surface area contributed by atoms with Crippen LogP contribution in [0.2, 0.25) is 25.7 Å². The molecule has 8 heteroatoms. The van der Waals surface area contributed by atoms with Crippen molar-refractivity contribution in [3.63, 3.8) is 0 Å². The molecule has 0 aromatic carbocycles. The van der Waals surface area contributed by atoms with E-state index in [9.17, 15) is 14.3 Å². The smallest absolute Gasteiger partial charge is 0.356 e. The number of rotatable bonds is 8. The summed E-state index contributed by atoms with van der Waals surface area (Å²) >= 11 is 0. The molecule has 0 unspecified atom stereocenters. The Labute approximate surface area is 147 Å². The van der Waals surface area contributed by atoms with Crippen LogP contribution in [0.1, 0.15) is 23.1 Å². The summed E-state index contributed by atoms with van der Waals surface area (Å²) in [6.45, 7) is 9.31. The first-order valence-corrected chi connectivity index (χ1v) is 12.0. The van der Waals surface area contributed by atoms with Crippen LogP contribution in [-0.4, -0.2) is 40.5 Å². The summed E-state index contributed by atoms with van der Waals surface area (Å²) < 4.78 is 21.3. The monoisotopic (exact) mass is 365 g/mol. The van der Waals surface area contributed by atoms with E-state index in [1.807, 2.05) is 6.92 Å². The summed E-state index contributed by atoms with van der Waals surface area (Å²) in [5.74, 6) is -1.68. The van der Waals surface area contributed by atoms with E-state index in [4.69, 9.17) is 4.74 Å². The minimum Gasteiger partial charge on any atom is -0.476 e. The number of aromatic carboxylic acids is 1. The van der Waals surface area contributed by atoms with Crippen molar-refractivity contribution in [2.75, 3.05) is 6.61 Å². The number of pyridine rings is 1. The van der Waals surface area contributed by atoms with Crippen molar-refractivity contribution in [1.82, 2.24) is 14.8 Å². The summed E-state index contributed by atoms with van der Waals surface area (Å²) in [7, 11) is -1.22. The number of carbonyl (C=O) groups is 1. The van der Waals surface area contributed by atoms with Crippen LogP contribution in [0.5, 0.6) is 0 Å². The first-order chi connectivity index (χ1) is 11.7. The first kappa shape index (κ1) is 19.3. The van der Waals surface area contributed by atoms with Gasteiger partial charge >= 0.3 is 5.97 Å². The predicted octanol–water partition coefficient (Wildman–Crippen LogP) is 3.66. The predicted molar refractivity (Wildman–Crippen MR) is 95.9 cm³/mol. The first-order valence-electron chi connectivity index (χ1n) is 8.25. The number of nitrogens with zero attached hydrogens (tertiary/aromatic N) is 3. The molecule has 0 radical (unpaired) electrons. The molecule has 0 bridgehead atoms. The molecule has 0 amide bonds. The zero-order valence-corrected chi connectivity index (χ0v) is 16.0. The van der Waals surface area contributed by atoms with Crippen LogP contribution in [0.15, 0.2) is 18.3 Å². The Morgan fingerprint density at radius 2 is 2.08 bits per heavy atom. The van der Waals surface area contributed by atoms with Crippen LogP contribution in [-0.2, 0) is 17.9 Å². The maximum absolute atomic E-state index is 14.2. The third-order valence-corrected chi connectivity index (χ3v) is 5.46. The Balaban J connectivity index is 2.29. The number of carboxylic acids is 1. The van der Waals surface area contributed by atoms with Gasteiger partial charge in [0.25, 0.3) is 0 Å². The molecule has 0 aliphatic rings. The van der Waals surface area contributed by atoms with Gasteiger partial charge in [0.05, 0.1) is 11.9 Å². The summed E-state index contributed by atoms with van der Waals surface area (Å²) in [5.41, 5.74) is 1.24. The van der Waals surface area contributed by atoms with Crippen molar-refractivity contribution in [3.05, 3.63) is 35.5 Å². The van der Waals surface area contributed by atoms with Gasteiger partial charge in [0.15, 0.2) is 11.5 Å². The maximum Gasteiger partial charge on any atom is 0.356 e. The molecule has 0 aliphatic heterocycles. The lowest BCUT2D eigenvalue weighted by molar-refractivity contribution is 0.0673. The van der Waals surface area contributed by atoms with Crippen LogP contribution in [0.4, 0.5) is 4.39 Å². The fraction of sp³-hybridized carbons (Fsp3) is 0.471. The Hall–Kier alpha value is -2.06. The van der Waals surface area contributed by atoms with Crippen LogP contribution in [0.25, 0.3) is 11.3 Å². The third kappa shape index (κ3) is 5.20. The van der Waals surface area contributed by atoms with Gasteiger partial charge in [0.2, 0.25) is 0 Å². The van der Waals surface area contributed by atoms with Crippen LogP contribution in [0.3, 0.4) is 0 Å². The highest BCUT2D eigenvalue weighted by atomic mass is 28.3. The van der Waals surface area contributed by atoms with E-state index in [0.717, 1.165) is 17.9 Å². The van der Waals surface area contributed by atoms with E-state index in [1.54, 1.807) is 6.07 Å². The van der Waals surface area contributed by atoms with Crippen molar-refractivity contribution in [1.29, 1.82) is 0 Å². The number of hydrogen-bond acceptors (Lipinski definition) is 4. The standard InChI is InChI=1S/C17H24FN3O3Si/c1-5-12-8-13(14(18)10-19-12)16-9-15(17(22)23)20-21(16)11-24-6-7-25(2,3)4/h8-10H,5-7,11H2,1-4H3,(H,22,23). The number of hydrogen-bond donors (Lipinski definition) is 1. The second kappa shape index (κ2) is 7.88. The van der Waals surface area contributed by atoms with Gasteiger partial charge < -0.3 is 9.84 Å². The summed E-state index contributed by atoms with van der Waals surface area (Å²) in [6.07, 6.45) is 1.80. The fourth-order valence-electron chi connectivity index (χ4n) is 2.24. The van der Waals surface area contributed by atoms with Crippen molar-refractivity contribution in [2.24, 2.45) is 0 Å². The highest BCUT2D eigenvalue weighted by molar-refractivity contribution is 6.76. The van der Waals surface area contributed by atoms with E-state index < -0.39 is 19.9 Å². The number of aromatic nitrogens is 3. The number of ether oxygens (including phenoxy) is 1. The summed E-state index contributed by atoms with van der Waals surface area (Å²) in [4.78, 5) is 15.3. The lowest BCUT2D eigenvalue weighted by Gasteiger charge is -2.16. The highest BCUT2D eigenvalue weighted by Crippen LogP contribution is 2.25. The van der Waals surface area contributed by atoms with Crippen molar-refractivity contribution < 1.29 is 19.0 Å². The second-order valence-corrected chi connectivity index (χ2v) is 12.7. The molecule has 0 saturated heterocycles. The van der Waals surface area contributed by atoms with Gasteiger partial charge in [0.1, 0.15) is 6.73 Å². The second-order valence-electron chi connectivity index (χ2n) is 7.08. The fourth-order valence-corrected chi connectivity index (χ4v) is 2.99. The van der Waals surface area contributed by atoms with Gasteiger partial charge in [-0.25, -0.2) is 13.9 Å². The molecule has 6 nitrogen and oxygen atoms in total. The number of halogens is 1. The minimum absolute atomic E-state index is 0.0797. The van der Waals surface area contributed by atoms with E-state index in [1.165, 1.54) is 10.7 Å². The zero-order valence-electron chi connectivity index (χ0n) is 15.0. The third-order valence-electron chi connectivity index (χ3n) is 3.76. The number of aryl methyl sites for hydroxylation is 1. The van der Waals surface area contributed by atoms with E-state index in [2.05, 4.69) is 29.7 Å². The molecule has 0 aliphatic carbocycles. The Kier molecular flexibility index (Phi) is 6.07. The molecule has 0 saturated carbocycles. The molecule has 136 valence electrons. The van der Waals surface area contributed by atoms with Gasteiger partial charge in [0, 0.05) is 25.9 Å². The number of carboxylic acid groups (broad SMARTS) is 1. The Morgan fingerprint density at radius 1 is 1.36 bits per heavy atom. The Morgan fingerprint density at radius 3 is 2.68 bits per heavy atom. The molecule has 1 N–H and O–H groups in total. The lowest BCUT2D eigenvalue weighted by Crippen LogP contribution is -2.22. The van der Waals surface area contributed by atoms with Gasteiger partial charge in [-0.3, -0.25) is 4.98 Å². The molecule has 2 aromatic heterocycles. The Bertz CT molecular complexity index is 756. The van der Waals surface area contributed by atoms with Gasteiger partial charge in [-0.05, 0) is 24.6 Å². The molecule has 0 atom stereocenters. The quantitative estimate of drug-likeness (QED) is 0.571. The van der Waals surface area contributed by atoms with Crippen LogP contribution >= 0.6 is 0 Å². The van der Waals surface area contributed by atoms with E-state index >= 15 is 0 Å². The average Bonchev–Trinajstić information content (AvgIpc) is 2.95. The molecule has 2 aromatic rings. The van der Waals surface area contributed by atoms with E-state index in [-0.39, 0.29) is 18.0 Å². The molecule has 2 heterocycles.